The SMILES string of the molecule is [C-]#[N+]c1c2cnn(COCC[Si](C)(C)C)c2c(CN(C)C(=O)c2ccc(-c3cccc(F)c3)c(OC3CC3)c2)c[n+]1O. The second kappa shape index (κ2) is 11.9. The van der Waals surface area contributed by atoms with Gasteiger partial charge in [-0.25, -0.2) is 9.07 Å². The number of rotatable bonds is 11. The molecule has 1 amide bonds. The molecule has 4 aromatic rings. The number of aromatic nitrogens is 3. The van der Waals surface area contributed by atoms with Crippen molar-refractivity contribution in [2.24, 2.45) is 0 Å². The van der Waals surface area contributed by atoms with Crippen LogP contribution in [0.15, 0.2) is 54.9 Å². The fraction of sp³-hybridized carbons (Fsp3) is 0.355. The van der Waals surface area contributed by atoms with E-state index >= 15 is 0 Å². The highest BCUT2D eigenvalue weighted by Crippen LogP contribution is 2.36. The molecule has 9 nitrogen and oxygen atoms in total. The molecular weight excluding hydrogens is 553 g/mol. The highest BCUT2D eigenvalue weighted by molar-refractivity contribution is 6.76. The van der Waals surface area contributed by atoms with Crippen LogP contribution in [0.5, 0.6) is 5.75 Å². The molecule has 2 heterocycles. The third-order valence-electron chi connectivity index (χ3n) is 7.13. The summed E-state index contributed by atoms with van der Waals surface area (Å²) in [5.74, 6) is -0.0355. The van der Waals surface area contributed by atoms with Crippen molar-refractivity contribution in [1.82, 2.24) is 14.7 Å². The molecule has 1 aliphatic carbocycles. The lowest BCUT2D eigenvalue weighted by Crippen LogP contribution is -2.33. The van der Waals surface area contributed by atoms with Crippen molar-refractivity contribution in [2.75, 3.05) is 13.7 Å². The summed E-state index contributed by atoms with van der Waals surface area (Å²) in [5, 5.41) is 15.4. The Kier molecular flexibility index (Phi) is 8.29. The molecule has 0 bridgehead atoms. The first kappa shape index (κ1) is 29.2. The van der Waals surface area contributed by atoms with Crippen molar-refractivity contribution in [2.45, 2.75) is 57.9 Å². The summed E-state index contributed by atoms with van der Waals surface area (Å²) in [7, 11) is 0.404. The van der Waals surface area contributed by atoms with Crippen molar-refractivity contribution >= 4 is 30.7 Å². The highest BCUT2D eigenvalue weighted by atomic mass is 28.3. The summed E-state index contributed by atoms with van der Waals surface area (Å²) >= 11 is 0. The molecule has 5 rings (SSSR count). The van der Waals surface area contributed by atoms with Crippen LogP contribution in [-0.2, 0) is 18.0 Å². The Morgan fingerprint density at radius 2 is 2.05 bits per heavy atom. The number of benzene rings is 2. The normalized spacial score (nSPS) is 13.2. The lowest BCUT2D eigenvalue weighted by Gasteiger charge is -2.19. The maximum Gasteiger partial charge on any atom is 0.476 e. The van der Waals surface area contributed by atoms with Gasteiger partial charge in [-0.2, -0.15) is 9.94 Å². The first-order valence-corrected chi connectivity index (χ1v) is 17.6. The van der Waals surface area contributed by atoms with E-state index in [0.29, 0.717) is 39.9 Å². The molecule has 218 valence electrons. The summed E-state index contributed by atoms with van der Waals surface area (Å²) < 4.78 is 28.4. The van der Waals surface area contributed by atoms with E-state index in [2.05, 4.69) is 29.6 Å². The zero-order valence-corrected chi connectivity index (χ0v) is 25.3. The van der Waals surface area contributed by atoms with E-state index in [1.165, 1.54) is 29.4 Å². The van der Waals surface area contributed by atoms with Crippen molar-refractivity contribution in [1.29, 1.82) is 0 Å². The van der Waals surface area contributed by atoms with Crippen LogP contribution >= 0.6 is 0 Å². The van der Waals surface area contributed by atoms with Gasteiger partial charge in [0.25, 0.3) is 5.91 Å². The molecule has 1 saturated carbocycles. The summed E-state index contributed by atoms with van der Waals surface area (Å²) in [6.45, 7) is 15.3. The van der Waals surface area contributed by atoms with Gasteiger partial charge >= 0.3 is 5.82 Å². The Balaban J connectivity index is 1.42. The van der Waals surface area contributed by atoms with Crippen LogP contribution in [-0.4, -0.2) is 53.6 Å². The van der Waals surface area contributed by atoms with Crippen LogP contribution in [0.2, 0.25) is 25.7 Å². The van der Waals surface area contributed by atoms with E-state index in [1.807, 2.05) is 6.07 Å². The van der Waals surface area contributed by atoms with Crippen LogP contribution in [0.3, 0.4) is 0 Å². The number of pyridine rings is 1. The number of amides is 1. The number of carbonyl (C=O) groups is 1. The molecule has 1 N–H and O–H groups in total. The Labute approximate surface area is 245 Å². The minimum atomic E-state index is -1.27. The van der Waals surface area contributed by atoms with E-state index in [-0.39, 0.29) is 36.9 Å². The summed E-state index contributed by atoms with van der Waals surface area (Å²) in [5.41, 5.74) is 3.04. The number of nitrogens with zero attached hydrogens (tertiary/aromatic N) is 5. The second-order valence-corrected chi connectivity index (χ2v) is 17.5. The smallest absolute Gasteiger partial charge is 0.476 e. The summed E-state index contributed by atoms with van der Waals surface area (Å²) in [6, 6.07) is 12.5. The zero-order chi connectivity index (χ0) is 30.0. The molecule has 1 fully saturated rings. The molecular formula is C31H35FN5O4Si+. The molecule has 0 aliphatic heterocycles. The first-order valence-electron chi connectivity index (χ1n) is 13.9. The molecule has 0 atom stereocenters. The van der Waals surface area contributed by atoms with Crippen molar-refractivity contribution in [3.05, 3.63) is 83.2 Å². The van der Waals surface area contributed by atoms with Gasteiger partial charge in [0.1, 0.15) is 30.3 Å². The average molecular weight is 589 g/mol. The summed E-state index contributed by atoms with van der Waals surface area (Å²) in [4.78, 5) is 18.6. The van der Waals surface area contributed by atoms with Crippen molar-refractivity contribution < 1.29 is 28.6 Å². The van der Waals surface area contributed by atoms with Gasteiger partial charge in [0, 0.05) is 37.6 Å². The van der Waals surface area contributed by atoms with Crippen LogP contribution in [0.4, 0.5) is 10.2 Å². The maximum absolute atomic E-state index is 14.0. The molecule has 2 aromatic carbocycles. The Morgan fingerprint density at radius 1 is 1.26 bits per heavy atom. The maximum atomic E-state index is 14.0. The average Bonchev–Trinajstić information content (AvgIpc) is 3.66. The van der Waals surface area contributed by atoms with Gasteiger partial charge in [0.05, 0.1) is 29.9 Å². The number of fused-ring (bicyclic) bond motifs is 1. The quantitative estimate of drug-likeness (QED) is 0.0759. The van der Waals surface area contributed by atoms with Crippen LogP contribution < -0.4 is 9.47 Å². The van der Waals surface area contributed by atoms with Gasteiger partial charge in [0.15, 0.2) is 0 Å². The van der Waals surface area contributed by atoms with Gasteiger partial charge in [-0.05, 0) is 54.8 Å². The van der Waals surface area contributed by atoms with Crippen molar-refractivity contribution in [3.8, 4) is 16.9 Å². The number of carbonyl (C=O) groups excluding carboxylic acids is 1. The van der Waals surface area contributed by atoms with Gasteiger partial charge in [0.2, 0.25) is 6.20 Å². The topological polar surface area (TPSA) is 85.1 Å². The largest absolute Gasteiger partial charge is 0.490 e. The van der Waals surface area contributed by atoms with Crippen LogP contribution in [0.1, 0.15) is 28.8 Å². The van der Waals surface area contributed by atoms with E-state index in [1.54, 1.807) is 36.0 Å². The standard InChI is InChI=1S/C31H35FN5O4Si/c1-33-30-27-17-34-36(20-40-13-14-42(3,4)5)29(27)23(19-37(30)39)18-35(2)31(38)22-9-12-26(21-7-6-8-24(32)15-21)28(16-22)41-25-10-11-25/h6-9,12,15-17,19,25,39H,10-11,13-14,18,20H2,2-5H3/q+1. The van der Waals surface area contributed by atoms with E-state index in [9.17, 15) is 14.4 Å². The Morgan fingerprint density at radius 3 is 2.74 bits per heavy atom. The van der Waals surface area contributed by atoms with Gasteiger partial charge < -0.3 is 14.4 Å². The van der Waals surface area contributed by atoms with Crippen molar-refractivity contribution in [3.63, 3.8) is 0 Å². The molecule has 42 heavy (non-hydrogen) atoms. The molecule has 11 heteroatoms. The predicted octanol–water partition coefficient (Wildman–Crippen LogP) is 6.04. The molecule has 0 radical (unpaired) electrons. The third-order valence-corrected chi connectivity index (χ3v) is 8.84. The van der Waals surface area contributed by atoms with Crippen LogP contribution in [0.25, 0.3) is 26.9 Å². The molecule has 2 aromatic heterocycles. The van der Waals surface area contributed by atoms with E-state index in [0.717, 1.165) is 29.2 Å². The second-order valence-electron chi connectivity index (χ2n) is 11.9. The lowest BCUT2D eigenvalue weighted by atomic mass is 10.0. The first-order chi connectivity index (χ1) is 20.0. The highest BCUT2D eigenvalue weighted by Gasteiger charge is 2.28. The third kappa shape index (κ3) is 6.61. The minimum Gasteiger partial charge on any atom is -0.490 e. The minimum absolute atomic E-state index is 0.0332. The summed E-state index contributed by atoms with van der Waals surface area (Å²) in [6.07, 6.45) is 4.94. The van der Waals surface area contributed by atoms with Gasteiger partial charge in [-0.1, -0.05) is 31.8 Å². The van der Waals surface area contributed by atoms with Gasteiger partial charge in [-0.15, -0.1) is 0 Å². The molecule has 0 spiro atoms. The molecule has 0 unspecified atom stereocenters. The fourth-order valence-corrected chi connectivity index (χ4v) is 5.45. The van der Waals surface area contributed by atoms with Gasteiger partial charge in [-0.3, -0.25) is 10.0 Å². The van der Waals surface area contributed by atoms with E-state index < -0.39 is 8.07 Å². The molecule has 1 aliphatic rings. The predicted molar refractivity (Wildman–Crippen MR) is 159 cm³/mol. The van der Waals surface area contributed by atoms with Crippen LogP contribution in [0, 0.1) is 12.4 Å². The number of ether oxygens (including phenoxy) is 2. The number of halogens is 1. The Hall–Kier alpha value is -4.27. The fourth-order valence-electron chi connectivity index (χ4n) is 4.70. The number of hydrogen-bond donors (Lipinski definition) is 1. The molecule has 0 saturated heterocycles. The lowest BCUT2D eigenvalue weighted by molar-refractivity contribution is -0.892. The zero-order valence-electron chi connectivity index (χ0n) is 24.3. The monoisotopic (exact) mass is 588 g/mol. The van der Waals surface area contributed by atoms with E-state index in [4.69, 9.17) is 16.0 Å². The number of hydrogen-bond acceptors (Lipinski definition) is 5. The Bertz CT molecular complexity index is 1670.